The Labute approximate surface area is 89.9 Å². The molecule has 0 aromatic carbocycles. The van der Waals surface area contributed by atoms with Crippen LogP contribution in [0.25, 0.3) is 0 Å². The van der Waals surface area contributed by atoms with Crippen LogP contribution >= 0.6 is 0 Å². The third-order valence-corrected chi connectivity index (χ3v) is 2.54. The van der Waals surface area contributed by atoms with E-state index in [1.165, 1.54) is 0 Å². The molecular formula is C11H18N2O2. The lowest BCUT2D eigenvalue weighted by Crippen LogP contribution is -2.16. The smallest absolute Gasteiger partial charge is 0.314 e. The molecule has 1 heterocycles. The highest BCUT2D eigenvalue weighted by atomic mass is 16.4. The van der Waals surface area contributed by atoms with Crippen LogP contribution in [0.5, 0.6) is 0 Å². The fourth-order valence-electron chi connectivity index (χ4n) is 1.67. The lowest BCUT2D eigenvalue weighted by atomic mass is 10.0. The Morgan fingerprint density at radius 2 is 2.33 bits per heavy atom. The van der Waals surface area contributed by atoms with Crippen molar-refractivity contribution < 1.29 is 9.90 Å². The van der Waals surface area contributed by atoms with Crippen LogP contribution in [0.2, 0.25) is 0 Å². The van der Waals surface area contributed by atoms with Gasteiger partial charge < -0.3 is 9.67 Å². The fraction of sp³-hybridized carbons (Fsp3) is 0.636. The van der Waals surface area contributed by atoms with Crippen LogP contribution in [-0.2, 0) is 11.3 Å². The van der Waals surface area contributed by atoms with Gasteiger partial charge in [-0.25, -0.2) is 4.98 Å². The molecule has 84 valence electrons. The van der Waals surface area contributed by atoms with Gasteiger partial charge in [0.15, 0.2) is 0 Å². The predicted molar refractivity (Wildman–Crippen MR) is 57.8 cm³/mol. The SMILES string of the molecule is CCCCC(C(=O)O)c1nccn1CC. The van der Waals surface area contributed by atoms with E-state index in [2.05, 4.69) is 11.9 Å². The molecule has 1 N–H and O–H groups in total. The van der Waals surface area contributed by atoms with Crippen molar-refractivity contribution in [3.05, 3.63) is 18.2 Å². The summed E-state index contributed by atoms with van der Waals surface area (Å²) in [5.74, 6) is -0.553. The highest BCUT2D eigenvalue weighted by molar-refractivity contribution is 5.74. The molecule has 1 unspecified atom stereocenters. The highest BCUT2D eigenvalue weighted by Gasteiger charge is 2.23. The number of rotatable bonds is 6. The van der Waals surface area contributed by atoms with E-state index in [0.717, 1.165) is 19.4 Å². The Morgan fingerprint density at radius 1 is 1.60 bits per heavy atom. The first-order chi connectivity index (χ1) is 7.20. The van der Waals surface area contributed by atoms with E-state index in [-0.39, 0.29) is 0 Å². The van der Waals surface area contributed by atoms with E-state index >= 15 is 0 Å². The predicted octanol–water partition coefficient (Wildman–Crippen LogP) is 2.26. The second kappa shape index (κ2) is 5.53. The molecule has 0 spiro atoms. The third kappa shape index (κ3) is 2.81. The summed E-state index contributed by atoms with van der Waals surface area (Å²) in [6, 6.07) is 0. The maximum atomic E-state index is 11.1. The minimum absolute atomic E-state index is 0.458. The minimum atomic E-state index is -0.774. The van der Waals surface area contributed by atoms with E-state index in [0.29, 0.717) is 12.2 Å². The average Bonchev–Trinajstić information content (AvgIpc) is 2.66. The summed E-state index contributed by atoms with van der Waals surface area (Å²) in [4.78, 5) is 15.3. The lowest BCUT2D eigenvalue weighted by molar-refractivity contribution is -0.139. The number of carbonyl (C=O) groups is 1. The van der Waals surface area contributed by atoms with Gasteiger partial charge in [-0.15, -0.1) is 0 Å². The van der Waals surface area contributed by atoms with Crippen molar-refractivity contribution in [2.45, 2.75) is 45.6 Å². The number of hydrogen-bond acceptors (Lipinski definition) is 2. The van der Waals surface area contributed by atoms with E-state index in [4.69, 9.17) is 5.11 Å². The Kier molecular flexibility index (Phi) is 4.34. The Hall–Kier alpha value is -1.32. The van der Waals surface area contributed by atoms with Crippen LogP contribution < -0.4 is 0 Å². The zero-order chi connectivity index (χ0) is 11.3. The van der Waals surface area contributed by atoms with Gasteiger partial charge in [0.2, 0.25) is 0 Å². The Balaban J connectivity index is 2.83. The lowest BCUT2D eigenvalue weighted by Gasteiger charge is -2.12. The van der Waals surface area contributed by atoms with Crippen LogP contribution in [0, 0.1) is 0 Å². The zero-order valence-electron chi connectivity index (χ0n) is 9.31. The Bertz CT molecular complexity index is 320. The Morgan fingerprint density at radius 3 is 2.87 bits per heavy atom. The van der Waals surface area contributed by atoms with Gasteiger partial charge in [0.05, 0.1) is 0 Å². The maximum Gasteiger partial charge on any atom is 0.314 e. The fourth-order valence-corrected chi connectivity index (χ4v) is 1.67. The van der Waals surface area contributed by atoms with Gasteiger partial charge in [0.25, 0.3) is 0 Å². The van der Waals surface area contributed by atoms with Gasteiger partial charge >= 0.3 is 5.97 Å². The first-order valence-corrected chi connectivity index (χ1v) is 5.44. The number of unbranched alkanes of at least 4 members (excludes halogenated alkanes) is 1. The van der Waals surface area contributed by atoms with Crippen molar-refractivity contribution in [2.24, 2.45) is 0 Å². The molecule has 4 heteroatoms. The summed E-state index contributed by atoms with van der Waals surface area (Å²) in [5, 5.41) is 9.14. The first-order valence-electron chi connectivity index (χ1n) is 5.44. The van der Waals surface area contributed by atoms with Gasteiger partial charge in [-0.2, -0.15) is 0 Å². The molecule has 0 amide bonds. The minimum Gasteiger partial charge on any atom is -0.481 e. The number of aliphatic carboxylic acids is 1. The van der Waals surface area contributed by atoms with Crippen LogP contribution in [0.1, 0.15) is 44.9 Å². The molecule has 0 aliphatic carbocycles. The third-order valence-electron chi connectivity index (χ3n) is 2.54. The molecule has 0 aliphatic rings. The van der Waals surface area contributed by atoms with Crippen molar-refractivity contribution in [3.8, 4) is 0 Å². The molecule has 0 aliphatic heterocycles. The van der Waals surface area contributed by atoms with Crippen molar-refractivity contribution in [2.75, 3.05) is 0 Å². The highest BCUT2D eigenvalue weighted by Crippen LogP contribution is 2.20. The molecule has 0 radical (unpaired) electrons. The maximum absolute atomic E-state index is 11.1. The molecule has 1 aromatic rings. The van der Waals surface area contributed by atoms with E-state index in [9.17, 15) is 4.79 Å². The van der Waals surface area contributed by atoms with Crippen molar-refractivity contribution in [1.29, 1.82) is 0 Å². The summed E-state index contributed by atoms with van der Waals surface area (Å²) in [6.07, 6.45) is 6.10. The molecule has 0 saturated carbocycles. The second-order valence-electron chi connectivity index (χ2n) is 3.60. The molecule has 1 aromatic heterocycles. The van der Waals surface area contributed by atoms with Gasteiger partial charge in [0, 0.05) is 18.9 Å². The topological polar surface area (TPSA) is 55.1 Å². The number of hydrogen-bond donors (Lipinski definition) is 1. The quantitative estimate of drug-likeness (QED) is 0.783. The molecule has 1 rings (SSSR count). The number of aromatic nitrogens is 2. The van der Waals surface area contributed by atoms with E-state index in [1.807, 2.05) is 17.7 Å². The largest absolute Gasteiger partial charge is 0.481 e. The summed E-state index contributed by atoms with van der Waals surface area (Å²) < 4.78 is 1.90. The number of carboxylic acid groups (broad SMARTS) is 1. The number of carboxylic acids is 1. The zero-order valence-corrected chi connectivity index (χ0v) is 9.31. The number of imidazole rings is 1. The van der Waals surface area contributed by atoms with Crippen LogP contribution in [0.4, 0.5) is 0 Å². The number of aryl methyl sites for hydroxylation is 1. The second-order valence-corrected chi connectivity index (χ2v) is 3.60. The van der Waals surface area contributed by atoms with Gasteiger partial charge in [-0.05, 0) is 13.3 Å². The summed E-state index contributed by atoms with van der Waals surface area (Å²) in [5.41, 5.74) is 0. The average molecular weight is 210 g/mol. The van der Waals surface area contributed by atoms with Crippen LogP contribution in [0.15, 0.2) is 12.4 Å². The van der Waals surface area contributed by atoms with Crippen molar-refractivity contribution in [1.82, 2.24) is 9.55 Å². The van der Waals surface area contributed by atoms with Crippen molar-refractivity contribution >= 4 is 5.97 Å². The summed E-state index contributed by atoms with van der Waals surface area (Å²) >= 11 is 0. The standard InChI is InChI=1S/C11H18N2O2/c1-3-5-6-9(11(14)15)10-12-7-8-13(10)4-2/h7-9H,3-6H2,1-2H3,(H,14,15). The molecule has 0 saturated heterocycles. The van der Waals surface area contributed by atoms with Gasteiger partial charge in [0.1, 0.15) is 11.7 Å². The monoisotopic (exact) mass is 210 g/mol. The summed E-state index contributed by atoms with van der Waals surface area (Å²) in [7, 11) is 0. The normalized spacial score (nSPS) is 12.7. The molecule has 0 fully saturated rings. The number of nitrogens with zero attached hydrogens (tertiary/aromatic N) is 2. The molecule has 0 bridgehead atoms. The molecule has 1 atom stereocenters. The van der Waals surface area contributed by atoms with Crippen LogP contribution in [-0.4, -0.2) is 20.6 Å². The molecule has 4 nitrogen and oxygen atoms in total. The van der Waals surface area contributed by atoms with Crippen molar-refractivity contribution in [3.63, 3.8) is 0 Å². The summed E-state index contributed by atoms with van der Waals surface area (Å²) in [6.45, 7) is 4.82. The van der Waals surface area contributed by atoms with Crippen LogP contribution in [0.3, 0.4) is 0 Å². The van der Waals surface area contributed by atoms with Gasteiger partial charge in [-0.1, -0.05) is 19.8 Å². The van der Waals surface area contributed by atoms with E-state index in [1.54, 1.807) is 6.20 Å². The van der Waals surface area contributed by atoms with E-state index < -0.39 is 11.9 Å². The molecular weight excluding hydrogens is 192 g/mol. The first kappa shape index (κ1) is 11.8. The van der Waals surface area contributed by atoms with Gasteiger partial charge in [-0.3, -0.25) is 4.79 Å². The molecule has 15 heavy (non-hydrogen) atoms.